The molecule has 0 radical (unpaired) electrons. The van der Waals surface area contributed by atoms with Gasteiger partial charge >= 0.3 is 0 Å². The predicted molar refractivity (Wildman–Crippen MR) is 247 cm³/mol. The quantitative estimate of drug-likeness (QED) is 0.157. The highest BCUT2D eigenvalue weighted by Crippen LogP contribution is 2.53. The molecule has 0 spiro atoms. The lowest BCUT2D eigenvalue weighted by atomic mass is 9.82. The lowest BCUT2D eigenvalue weighted by Gasteiger charge is -2.30. The summed E-state index contributed by atoms with van der Waals surface area (Å²) in [4.78, 5) is 2.49. The number of fused-ring (bicyclic) bond motifs is 4. The molecule has 9 aromatic rings. The van der Waals surface area contributed by atoms with Gasteiger partial charge in [-0.05, 0) is 133 Å². The molecule has 0 aliphatic heterocycles. The minimum Gasteiger partial charge on any atom is -0.310 e. The van der Waals surface area contributed by atoms with Gasteiger partial charge in [-0.3, -0.25) is 0 Å². The van der Waals surface area contributed by atoms with E-state index in [-0.39, 0.29) is 5.41 Å². The Kier molecular flexibility index (Phi) is 8.68. The molecule has 58 heavy (non-hydrogen) atoms. The van der Waals surface area contributed by atoms with Crippen LogP contribution in [0.3, 0.4) is 0 Å². The van der Waals surface area contributed by atoms with Crippen LogP contribution < -0.4 is 4.90 Å². The molecule has 0 amide bonds. The molecule has 0 bridgehead atoms. The first-order valence-corrected chi connectivity index (χ1v) is 20.3. The second-order valence-corrected chi connectivity index (χ2v) is 16.2. The summed E-state index contributed by atoms with van der Waals surface area (Å²) in [5.41, 5.74) is 21.0. The van der Waals surface area contributed by atoms with Crippen LogP contribution in [0.4, 0.5) is 17.1 Å². The summed E-state index contributed by atoms with van der Waals surface area (Å²) in [5.74, 6) is 0. The zero-order valence-electron chi connectivity index (χ0n) is 33.5. The normalized spacial score (nSPS) is 12.6. The van der Waals surface area contributed by atoms with Gasteiger partial charge in [0.2, 0.25) is 0 Å². The molecular formula is C57H45N. The van der Waals surface area contributed by atoms with Crippen molar-refractivity contribution in [1.29, 1.82) is 0 Å². The summed E-state index contributed by atoms with van der Waals surface area (Å²) in [6.45, 7) is 9.22. The SMILES string of the molecule is Cc1ccccc1-c1cc2ccccc2cc1N(c1ccc(-c2c(-c3ccccc3)cccc2-c2ccccc2)cc1)c1ccc2c(c1)C(C)(C)c1cccc(C)c1-2. The van der Waals surface area contributed by atoms with Gasteiger partial charge in [-0.1, -0.05) is 178 Å². The van der Waals surface area contributed by atoms with Crippen LogP contribution in [0, 0.1) is 13.8 Å². The predicted octanol–water partition coefficient (Wildman–Crippen LogP) is 15.9. The Morgan fingerprint density at radius 1 is 0.345 bits per heavy atom. The van der Waals surface area contributed by atoms with Crippen LogP contribution in [-0.2, 0) is 5.41 Å². The maximum absolute atomic E-state index is 2.49. The molecule has 0 heterocycles. The molecule has 1 nitrogen and oxygen atoms in total. The van der Waals surface area contributed by atoms with Crippen molar-refractivity contribution in [1.82, 2.24) is 0 Å². The Hall–Kier alpha value is -6.96. The van der Waals surface area contributed by atoms with Crippen molar-refractivity contribution < 1.29 is 0 Å². The highest BCUT2D eigenvalue weighted by molar-refractivity contribution is 6.00. The highest BCUT2D eigenvalue weighted by Gasteiger charge is 2.37. The van der Waals surface area contributed by atoms with E-state index in [1.54, 1.807) is 0 Å². The van der Waals surface area contributed by atoms with Crippen molar-refractivity contribution in [2.24, 2.45) is 0 Å². The molecule has 0 atom stereocenters. The lowest BCUT2D eigenvalue weighted by molar-refractivity contribution is 0.660. The van der Waals surface area contributed by atoms with E-state index in [0.717, 1.165) is 17.1 Å². The molecule has 0 unspecified atom stereocenters. The van der Waals surface area contributed by atoms with Gasteiger partial charge in [-0.2, -0.15) is 0 Å². The monoisotopic (exact) mass is 743 g/mol. The van der Waals surface area contributed by atoms with Crippen molar-refractivity contribution in [2.75, 3.05) is 4.90 Å². The van der Waals surface area contributed by atoms with Crippen molar-refractivity contribution in [2.45, 2.75) is 33.1 Å². The highest BCUT2D eigenvalue weighted by atomic mass is 15.1. The average molecular weight is 744 g/mol. The molecule has 0 saturated carbocycles. The fourth-order valence-electron chi connectivity index (χ4n) is 9.39. The zero-order valence-corrected chi connectivity index (χ0v) is 33.5. The van der Waals surface area contributed by atoms with Crippen LogP contribution >= 0.6 is 0 Å². The molecule has 0 aromatic heterocycles. The average Bonchev–Trinajstić information content (AvgIpc) is 3.50. The van der Waals surface area contributed by atoms with E-state index >= 15 is 0 Å². The van der Waals surface area contributed by atoms with Crippen molar-refractivity contribution in [3.63, 3.8) is 0 Å². The van der Waals surface area contributed by atoms with E-state index < -0.39 is 0 Å². The van der Waals surface area contributed by atoms with Gasteiger partial charge in [0.25, 0.3) is 0 Å². The molecule has 1 heteroatoms. The van der Waals surface area contributed by atoms with E-state index in [9.17, 15) is 0 Å². The van der Waals surface area contributed by atoms with Crippen LogP contribution in [0.1, 0.15) is 36.1 Å². The van der Waals surface area contributed by atoms with Gasteiger partial charge in [-0.25, -0.2) is 0 Å². The second-order valence-electron chi connectivity index (χ2n) is 16.2. The van der Waals surface area contributed by atoms with Gasteiger partial charge < -0.3 is 4.90 Å². The Morgan fingerprint density at radius 3 is 1.57 bits per heavy atom. The number of hydrogen-bond acceptors (Lipinski definition) is 1. The first kappa shape index (κ1) is 35.5. The number of aryl methyl sites for hydroxylation is 2. The number of anilines is 3. The minimum absolute atomic E-state index is 0.139. The molecular weight excluding hydrogens is 699 g/mol. The van der Waals surface area contributed by atoms with E-state index in [1.807, 2.05) is 0 Å². The third-order valence-corrected chi connectivity index (χ3v) is 12.3. The standard InChI is InChI=1S/C57H45N/c1-38-17-11-14-25-47(38)51-35-43-23-12-13-24-44(43)36-54(51)58(46-33-34-50-53(37-46)57(3,4)52-28-15-18-39(2)55(50)52)45-31-29-42(30-32-45)56-48(40-19-7-5-8-20-40)26-16-27-49(56)41-21-9-6-10-22-41/h5-37H,1-4H3. The maximum Gasteiger partial charge on any atom is 0.0546 e. The second kappa shape index (κ2) is 14.2. The van der Waals surface area contributed by atoms with Gasteiger partial charge in [0, 0.05) is 22.4 Å². The molecule has 1 aliphatic rings. The van der Waals surface area contributed by atoms with E-state index in [0.29, 0.717) is 0 Å². The third-order valence-electron chi connectivity index (χ3n) is 12.3. The summed E-state index contributed by atoms with van der Waals surface area (Å²) in [5, 5.41) is 2.44. The van der Waals surface area contributed by atoms with E-state index in [1.165, 1.54) is 88.7 Å². The Labute approximate surface area is 342 Å². The zero-order chi connectivity index (χ0) is 39.4. The van der Waals surface area contributed by atoms with Gasteiger partial charge in [0.1, 0.15) is 0 Å². The van der Waals surface area contributed by atoms with Gasteiger partial charge in [-0.15, -0.1) is 0 Å². The fraction of sp³-hybridized carbons (Fsp3) is 0.0877. The van der Waals surface area contributed by atoms with Crippen LogP contribution in [0.2, 0.25) is 0 Å². The lowest BCUT2D eigenvalue weighted by Crippen LogP contribution is -2.17. The summed E-state index contributed by atoms with van der Waals surface area (Å²) < 4.78 is 0. The topological polar surface area (TPSA) is 3.24 Å². The van der Waals surface area contributed by atoms with Gasteiger partial charge in [0.15, 0.2) is 0 Å². The van der Waals surface area contributed by atoms with Crippen LogP contribution in [0.25, 0.3) is 66.4 Å². The molecule has 1 aliphatic carbocycles. The summed E-state index contributed by atoms with van der Waals surface area (Å²) in [6.07, 6.45) is 0. The smallest absolute Gasteiger partial charge is 0.0546 e. The molecule has 10 rings (SSSR count). The number of nitrogens with zero attached hydrogens (tertiary/aromatic N) is 1. The molecule has 0 fully saturated rings. The summed E-state index contributed by atoms with van der Waals surface area (Å²) >= 11 is 0. The van der Waals surface area contributed by atoms with Crippen LogP contribution in [-0.4, -0.2) is 0 Å². The molecule has 0 saturated heterocycles. The first-order valence-electron chi connectivity index (χ1n) is 20.3. The number of rotatable bonds is 7. The number of hydrogen-bond donors (Lipinski definition) is 0. The first-order chi connectivity index (χ1) is 28.4. The third kappa shape index (κ3) is 5.94. The largest absolute Gasteiger partial charge is 0.310 e. The Balaban J connectivity index is 1.21. The molecule has 0 N–H and O–H groups in total. The van der Waals surface area contributed by atoms with E-state index in [4.69, 9.17) is 0 Å². The minimum atomic E-state index is -0.139. The summed E-state index contributed by atoms with van der Waals surface area (Å²) in [6, 6.07) is 73.7. The van der Waals surface area contributed by atoms with Crippen molar-refractivity contribution in [3.8, 4) is 55.6 Å². The maximum atomic E-state index is 2.49. The van der Waals surface area contributed by atoms with Crippen LogP contribution in [0.15, 0.2) is 200 Å². The van der Waals surface area contributed by atoms with Gasteiger partial charge in [0.05, 0.1) is 5.69 Å². The Bertz CT molecular complexity index is 2920. The Morgan fingerprint density at radius 2 is 0.897 bits per heavy atom. The van der Waals surface area contributed by atoms with Crippen molar-refractivity contribution >= 4 is 27.8 Å². The molecule has 9 aromatic carbocycles. The summed E-state index contributed by atoms with van der Waals surface area (Å²) in [7, 11) is 0. The molecule has 278 valence electrons. The van der Waals surface area contributed by atoms with Crippen molar-refractivity contribution in [3.05, 3.63) is 222 Å². The van der Waals surface area contributed by atoms with Crippen LogP contribution in [0.5, 0.6) is 0 Å². The number of benzene rings is 9. The fourth-order valence-corrected chi connectivity index (χ4v) is 9.39. The van der Waals surface area contributed by atoms with E-state index in [2.05, 4.69) is 233 Å².